The quantitative estimate of drug-likeness (QED) is 0.579. The van der Waals surface area contributed by atoms with Crippen LogP contribution in [0.4, 0.5) is 4.39 Å². The van der Waals surface area contributed by atoms with Crippen LogP contribution in [0.2, 0.25) is 5.02 Å². The van der Waals surface area contributed by atoms with Gasteiger partial charge in [-0.15, -0.1) is 6.42 Å². The van der Waals surface area contributed by atoms with Gasteiger partial charge in [0.1, 0.15) is 5.82 Å². The van der Waals surface area contributed by atoms with Gasteiger partial charge in [0.15, 0.2) is 0 Å². The fourth-order valence-corrected chi connectivity index (χ4v) is 1.24. The molecule has 1 aromatic rings. The van der Waals surface area contributed by atoms with Crippen LogP contribution in [0.5, 0.6) is 0 Å². The molecule has 0 saturated heterocycles. The second-order valence-electron chi connectivity index (χ2n) is 2.59. The fourth-order valence-electron chi connectivity index (χ4n) is 0.992. The SMILES string of the molecule is C#CCNCc1cc(F)cc(Cl)c1. The van der Waals surface area contributed by atoms with Gasteiger partial charge in [-0.05, 0) is 23.8 Å². The van der Waals surface area contributed by atoms with Crippen LogP contribution in [0.25, 0.3) is 0 Å². The Morgan fingerprint density at radius 1 is 1.46 bits per heavy atom. The molecule has 0 amide bonds. The Labute approximate surface area is 81.9 Å². The van der Waals surface area contributed by atoms with E-state index in [-0.39, 0.29) is 5.82 Å². The Hall–Kier alpha value is -1.04. The third-order valence-corrected chi connectivity index (χ3v) is 1.70. The van der Waals surface area contributed by atoms with Crippen LogP contribution in [-0.2, 0) is 6.54 Å². The van der Waals surface area contributed by atoms with E-state index in [0.717, 1.165) is 5.56 Å². The van der Waals surface area contributed by atoms with Crippen molar-refractivity contribution in [3.05, 3.63) is 34.6 Å². The molecule has 0 aliphatic heterocycles. The van der Waals surface area contributed by atoms with Crippen LogP contribution < -0.4 is 5.32 Å². The lowest BCUT2D eigenvalue weighted by molar-refractivity contribution is 0.623. The predicted octanol–water partition coefficient (Wildman–Crippen LogP) is 2.20. The van der Waals surface area contributed by atoms with Crippen molar-refractivity contribution < 1.29 is 4.39 Å². The first kappa shape index (κ1) is 10.0. The lowest BCUT2D eigenvalue weighted by atomic mass is 10.2. The molecule has 68 valence electrons. The minimum absolute atomic E-state index is 0.329. The number of hydrogen-bond acceptors (Lipinski definition) is 1. The fraction of sp³-hybridized carbons (Fsp3) is 0.200. The summed E-state index contributed by atoms with van der Waals surface area (Å²) in [5.74, 6) is 2.10. The zero-order valence-corrected chi connectivity index (χ0v) is 7.74. The van der Waals surface area contributed by atoms with E-state index in [4.69, 9.17) is 18.0 Å². The molecule has 0 spiro atoms. The van der Waals surface area contributed by atoms with E-state index < -0.39 is 0 Å². The van der Waals surface area contributed by atoms with E-state index in [1.807, 2.05) is 0 Å². The van der Waals surface area contributed by atoms with Gasteiger partial charge in [0.05, 0.1) is 6.54 Å². The molecule has 0 atom stereocenters. The van der Waals surface area contributed by atoms with Crippen LogP contribution in [-0.4, -0.2) is 6.54 Å². The molecule has 13 heavy (non-hydrogen) atoms. The van der Waals surface area contributed by atoms with Crippen molar-refractivity contribution in [2.24, 2.45) is 0 Å². The summed E-state index contributed by atoms with van der Waals surface area (Å²) in [4.78, 5) is 0. The molecular formula is C10H9ClFN. The highest BCUT2D eigenvalue weighted by molar-refractivity contribution is 6.30. The topological polar surface area (TPSA) is 12.0 Å². The highest BCUT2D eigenvalue weighted by atomic mass is 35.5. The number of hydrogen-bond donors (Lipinski definition) is 1. The zero-order chi connectivity index (χ0) is 9.68. The highest BCUT2D eigenvalue weighted by Crippen LogP contribution is 2.13. The molecule has 1 rings (SSSR count). The Morgan fingerprint density at radius 3 is 2.85 bits per heavy atom. The number of halogens is 2. The van der Waals surface area contributed by atoms with Gasteiger partial charge in [0, 0.05) is 11.6 Å². The van der Waals surface area contributed by atoms with Gasteiger partial charge < -0.3 is 5.32 Å². The summed E-state index contributed by atoms with van der Waals surface area (Å²) in [5, 5.41) is 3.34. The van der Waals surface area contributed by atoms with Crippen molar-refractivity contribution in [2.75, 3.05) is 6.54 Å². The molecule has 0 saturated carbocycles. The first-order valence-corrected chi connectivity index (χ1v) is 4.19. The molecule has 1 nitrogen and oxygen atoms in total. The first-order chi connectivity index (χ1) is 6.22. The van der Waals surface area contributed by atoms with Gasteiger partial charge in [-0.25, -0.2) is 4.39 Å². The number of benzene rings is 1. The van der Waals surface area contributed by atoms with Crippen LogP contribution in [0.15, 0.2) is 18.2 Å². The van der Waals surface area contributed by atoms with Crippen molar-refractivity contribution in [1.29, 1.82) is 0 Å². The van der Waals surface area contributed by atoms with Gasteiger partial charge in [0.25, 0.3) is 0 Å². The second kappa shape index (κ2) is 4.86. The van der Waals surface area contributed by atoms with E-state index in [9.17, 15) is 4.39 Å². The molecular weight excluding hydrogens is 189 g/mol. The Kier molecular flexibility index (Phi) is 3.75. The summed E-state index contributed by atoms with van der Waals surface area (Å²) in [5.41, 5.74) is 0.792. The van der Waals surface area contributed by atoms with Crippen LogP contribution in [0.1, 0.15) is 5.56 Å². The van der Waals surface area contributed by atoms with Crippen LogP contribution in [0, 0.1) is 18.2 Å². The summed E-state index contributed by atoms with van der Waals surface area (Å²) in [6.45, 7) is 0.996. The van der Waals surface area contributed by atoms with E-state index >= 15 is 0 Å². The lowest BCUT2D eigenvalue weighted by Crippen LogP contribution is -2.12. The summed E-state index contributed by atoms with van der Waals surface area (Å²) in [7, 11) is 0. The first-order valence-electron chi connectivity index (χ1n) is 3.81. The van der Waals surface area contributed by atoms with E-state index in [1.165, 1.54) is 12.1 Å². The molecule has 0 bridgehead atoms. The van der Waals surface area contributed by atoms with Crippen molar-refractivity contribution in [1.82, 2.24) is 5.32 Å². The van der Waals surface area contributed by atoms with E-state index in [1.54, 1.807) is 6.07 Å². The van der Waals surface area contributed by atoms with Crippen molar-refractivity contribution in [2.45, 2.75) is 6.54 Å². The molecule has 0 radical (unpaired) electrons. The molecule has 0 aliphatic rings. The predicted molar refractivity (Wildman–Crippen MR) is 51.9 cm³/mol. The van der Waals surface area contributed by atoms with Crippen LogP contribution in [0.3, 0.4) is 0 Å². The third-order valence-electron chi connectivity index (χ3n) is 1.48. The minimum Gasteiger partial charge on any atom is -0.302 e. The van der Waals surface area contributed by atoms with E-state index in [0.29, 0.717) is 18.1 Å². The van der Waals surface area contributed by atoms with Gasteiger partial charge >= 0.3 is 0 Å². The number of nitrogens with one attached hydrogen (secondary N) is 1. The average Bonchev–Trinajstić information content (AvgIpc) is 2.03. The monoisotopic (exact) mass is 197 g/mol. The highest BCUT2D eigenvalue weighted by Gasteiger charge is 1.97. The summed E-state index contributed by atoms with van der Waals surface area (Å²) >= 11 is 5.65. The Morgan fingerprint density at radius 2 is 2.23 bits per heavy atom. The van der Waals surface area contributed by atoms with Gasteiger partial charge in [-0.1, -0.05) is 17.5 Å². The third kappa shape index (κ3) is 3.45. The Bertz CT molecular complexity index is 310. The molecule has 3 heteroatoms. The summed E-state index contributed by atoms with van der Waals surface area (Å²) < 4.78 is 12.8. The van der Waals surface area contributed by atoms with Crippen LogP contribution >= 0.6 is 11.6 Å². The normalized spacial score (nSPS) is 9.62. The second-order valence-corrected chi connectivity index (χ2v) is 3.02. The Balaban J connectivity index is 2.62. The minimum atomic E-state index is -0.329. The van der Waals surface area contributed by atoms with E-state index in [2.05, 4.69) is 11.2 Å². The molecule has 0 aliphatic carbocycles. The van der Waals surface area contributed by atoms with Gasteiger partial charge in [-0.3, -0.25) is 0 Å². The maximum absolute atomic E-state index is 12.8. The number of rotatable bonds is 3. The average molecular weight is 198 g/mol. The molecule has 0 aromatic heterocycles. The maximum atomic E-state index is 12.8. The largest absolute Gasteiger partial charge is 0.302 e. The molecule has 0 unspecified atom stereocenters. The summed E-state index contributed by atoms with van der Waals surface area (Å²) in [6.07, 6.45) is 5.04. The molecule has 1 N–H and O–H groups in total. The smallest absolute Gasteiger partial charge is 0.125 e. The standard InChI is InChI=1S/C10H9ClFN/c1-2-3-13-7-8-4-9(11)6-10(12)5-8/h1,4-6,13H,3,7H2. The molecule has 0 fully saturated rings. The van der Waals surface area contributed by atoms with Gasteiger partial charge in [-0.2, -0.15) is 0 Å². The lowest BCUT2D eigenvalue weighted by Gasteiger charge is -2.02. The molecule has 1 aromatic carbocycles. The molecule has 0 heterocycles. The van der Waals surface area contributed by atoms with Crippen molar-refractivity contribution >= 4 is 11.6 Å². The van der Waals surface area contributed by atoms with Crippen molar-refractivity contribution in [3.8, 4) is 12.3 Å². The van der Waals surface area contributed by atoms with Crippen molar-refractivity contribution in [3.63, 3.8) is 0 Å². The summed E-state index contributed by atoms with van der Waals surface area (Å²) in [6, 6.07) is 4.40. The maximum Gasteiger partial charge on any atom is 0.125 e. The zero-order valence-electron chi connectivity index (χ0n) is 6.98. The van der Waals surface area contributed by atoms with Gasteiger partial charge in [0.2, 0.25) is 0 Å². The number of terminal acetylenes is 1.